The van der Waals surface area contributed by atoms with Crippen LogP contribution in [0, 0.1) is 0 Å². The minimum absolute atomic E-state index is 1.14. The van der Waals surface area contributed by atoms with Crippen LogP contribution in [0.15, 0.2) is 206 Å². The molecule has 9 aromatic carbocycles. The summed E-state index contributed by atoms with van der Waals surface area (Å²) in [6.45, 7) is 0. The van der Waals surface area contributed by atoms with Gasteiger partial charge in [0.25, 0.3) is 0 Å². The van der Waals surface area contributed by atoms with E-state index in [1.165, 1.54) is 99.2 Å². The highest BCUT2D eigenvalue weighted by Gasteiger charge is 2.26. The number of nitrogens with zero attached hydrogens (tertiary/aromatic N) is 2. The number of fused-ring (bicyclic) bond motifs is 14. The van der Waals surface area contributed by atoms with Gasteiger partial charge in [0, 0.05) is 32.9 Å². The van der Waals surface area contributed by atoms with E-state index in [1.54, 1.807) is 0 Å². The molecular formula is C54H34N2. The number of benzene rings is 9. The molecule has 0 bridgehead atoms. The van der Waals surface area contributed by atoms with E-state index in [0.717, 1.165) is 11.4 Å². The summed E-state index contributed by atoms with van der Waals surface area (Å²) in [5.41, 5.74) is 19.4. The Morgan fingerprint density at radius 1 is 0.232 bits per heavy atom. The summed E-state index contributed by atoms with van der Waals surface area (Å²) in [5.74, 6) is 0. The van der Waals surface area contributed by atoms with Crippen LogP contribution in [0.5, 0.6) is 0 Å². The summed E-state index contributed by atoms with van der Waals surface area (Å²) in [5, 5.41) is 4.99. The van der Waals surface area contributed by atoms with Crippen LogP contribution < -0.4 is 0 Å². The fourth-order valence-electron chi connectivity index (χ4n) is 9.52. The molecule has 2 aromatic heterocycles. The van der Waals surface area contributed by atoms with Gasteiger partial charge in [-0.05, 0) is 110 Å². The molecule has 0 saturated carbocycles. The van der Waals surface area contributed by atoms with Crippen LogP contribution in [0.25, 0.3) is 111 Å². The Morgan fingerprint density at radius 2 is 0.625 bits per heavy atom. The second kappa shape index (κ2) is 12.0. The third kappa shape index (κ3) is 4.44. The van der Waals surface area contributed by atoms with E-state index >= 15 is 0 Å². The summed E-state index contributed by atoms with van der Waals surface area (Å²) < 4.78 is 4.87. The molecule has 0 spiro atoms. The zero-order valence-corrected chi connectivity index (χ0v) is 30.5. The number of hydrogen-bond acceptors (Lipinski definition) is 0. The molecule has 0 N–H and O–H groups in total. The Kier molecular flexibility index (Phi) is 6.66. The van der Waals surface area contributed by atoms with Crippen LogP contribution in [0.3, 0.4) is 0 Å². The van der Waals surface area contributed by atoms with Crippen LogP contribution in [-0.4, -0.2) is 9.13 Å². The summed E-state index contributed by atoms with van der Waals surface area (Å²) in [4.78, 5) is 0. The van der Waals surface area contributed by atoms with Crippen molar-refractivity contribution in [2.45, 2.75) is 0 Å². The Hall–Kier alpha value is -7.42. The van der Waals surface area contributed by atoms with Crippen molar-refractivity contribution < 1.29 is 0 Å². The quantitative estimate of drug-likeness (QED) is 0.173. The van der Waals surface area contributed by atoms with Crippen molar-refractivity contribution in [1.29, 1.82) is 0 Å². The molecule has 56 heavy (non-hydrogen) atoms. The molecular weight excluding hydrogens is 677 g/mol. The van der Waals surface area contributed by atoms with Gasteiger partial charge in [-0.3, -0.25) is 0 Å². The normalized spacial score (nSPS) is 11.9. The van der Waals surface area contributed by atoms with Crippen LogP contribution in [-0.2, 0) is 0 Å². The number of hydrogen-bond donors (Lipinski definition) is 0. The Balaban J connectivity index is 1.25. The fraction of sp³-hybridized carbons (Fsp3) is 0. The highest BCUT2D eigenvalue weighted by atomic mass is 15.0. The van der Waals surface area contributed by atoms with E-state index in [-0.39, 0.29) is 0 Å². The average molecular weight is 711 g/mol. The molecule has 2 heteroatoms. The molecule has 0 amide bonds. The molecule has 0 radical (unpaired) electrons. The zero-order chi connectivity index (χ0) is 36.7. The third-order valence-electron chi connectivity index (χ3n) is 11.9. The molecule has 2 nitrogen and oxygen atoms in total. The number of para-hydroxylation sites is 4. The second-order valence-corrected chi connectivity index (χ2v) is 14.8. The Labute approximate surface area is 324 Å². The lowest BCUT2D eigenvalue weighted by molar-refractivity contribution is 1.18. The number of aromatic nitrogens is 2. The van der Waals surface area contributed by atoms with E-state index in [4.69, 9.17) is 0 Å². The number of rotatable bonds is 3. The Bertz CT molecular complexity index is 3310. The van der Waals surface area contributed by atoms with Crippen molar-refractivity contribution in [2.24, 2.45) is 0 Å². The van der Waals surface area contributed by atoms with Gasteiger partial charge < -0.3 is 9.13 Å². The fourth-order valence-corrected chi connectivity index (χ4v) is 9.52. The largest absolute Gasteiger partial charge is 0.309 e. The predicted octanol–water partition coefficient (Wildman–Crippen LogP) is 14.5. The highest BCUT2D eigenvalue weighted by Crippen LogP contribution is 2.52. The molecule has 2 heterocycles. The third-order valence-corrected chi connectivity index (χ3v) is 11.9. The highest BCUT2D eigenvalue weighted by molar-refractivity contribution is 6.14. The summed E-state index contributed by atoms with van der Waals surface area (Å²) >= 11 is 0. The maximum atomic E-state index is 2.47. The van der Waals surface area contributed by atoms with Gasteiger partial charge in [0.05, 0.1) is 22.1 Å². The minimum Gasteiger partial charge on any atom is -0.309 e. The first-order valence-corrected chi connectivity index (χ1v) is 19.4. The summed E-state index contributed by atoms with van der Waals surface area (Å²) in [6, 6.07) is 76.0. The van der Waals surface area contributed by atoms with Crippen molar-refractivity contribution in [3.8, 4) is 67.0 Å². The summed E-state index contributed by atoms with van der Waals surface area (Å²) in [6.07, 6.45) is 0. The predicted molar refractivity (Wildman–Crippen MR) is 236 cm³/mol. The first kappa shape index (κ1) is 31.0. The van der Waals surface area contributed by atoms with E-state index in [2.05, 4.69) is 215 Å². The average Bonchev–Trinajstić information content (AvgIpc) is 3.78. The topological polar surface area (TPSA) is 9.86 Å². The van der Waals surface area contributed by atoms with E-state index < -0.39 is 0 Å². The van der Waals surface area contributed by atoms with Crippen LogP contribution in [0.1, 0.15) is 0 Å². The molecule has 0 aliphatic heterocycles. The minimum atomic E-state index is 1.14. The molecule has 0 saturated heterocycles. The first-order chi connectivity index (χ1) is 27.8. The monoisotopic (exact) mass is 710 g/mol. The van der Waals surface area contributed by atoms with Crippen LogP contribution >= 0.6 is 0 Å². The van der Waals surface area contributed by atoms with Gasteiger partial charge in [0.15, 0.2) is 0 Å². The van der Waals surface area contributed by atoms with Crippen LogP contribution in [0.2, 0.25) is 0 Å². The molecule has 0 fully saturated rings. The van der Waals surface area contributed by atoms with Gasteiger partial charge in [-0.2, -0.15) is 0 Å². The molecule has 0 atom stereocenters. The van der Waals surface area contributed by atoms with Crippen molar-refractivity contribution in [1.82, 2.24) is 9.13 Å². The molecule has 1 aliphatic carbocycles. The standard InChI is InChI=1S/C54H34N2/c1-2-16-36(17-3-1)55-52-29-15-12-25-45(52)48-32-35(30-31-53(48)55)47-33-37(56-50-27-13-10-23-43(50)44-24-11-14-28-51(44)56)34-49-42-22-7-6-20-40(42)38-18-4-5-19-39(38)41-21-8-9-26-46(41)54(47)49/h1-34H. The van der Waals surface area contributed by atoms with E-state index in [9.17, 15) is 0 Å². The smallest absolute Gasteiger partial charge is 0.0541 e. The lowest BCUT2D eigenvalue weighted by atomic mass is 9.78. The van der Waals surface area contributed by atoms with Gasteiger partial charge in [-0.1, -0.05) is 152 Å². The lowest BCUT2D eigenvalue weighted by Crippen LogP contribution is -2.02. The van der Waals surface area contributed by atoms with E-state index in [1.807, 2.05) is 0 Å². The zero-order valence-electron chi connectivity index (χ0n) is 30.5. The lowest BCUT2D eigenvalue weighted by Gasteiger charge is -2.26. The van der Waals surface area contributed by atoms with E-state index in [0.29, 0.717) is 0 Å². The molecule has 260 valence electrons. The maximum Gasteiger partial charge on any atom is 0.0541 e. The van der Waals surface area contributed by atoms with Crippen LogP contribution in [0.4, 0.5) is 0 Å². The van der Waals surface area contributed by atoms with Gasteiger partial charge in [0.2, 0.25) is 0 Å². The second-order valence-electron chi connectivity index (χ2n) is 14.8. The molecule has 0 unspecified atom stereocenters. The Morgan fingerprint density at radius 3 is 1.20 bits per heavy atom. The van der Waals surface area contributed by atoms with Gasteiger partial charge in [-0.15, -0.1) is 0 Å². The molecule has 12 rings (SSSR count). The van der Waals surface area contributed by atoms with Crippen molar-refractivity contribution >= 4 is 43.6 Å². The first-order valence-electron chi connectivity index (χ1n) is 19.4. The molecule has 11 aromatic rings. The van der Waals surface area contributed by atoms with Crippen molar-refractivity contribution in [3.05, 3.63) is 206 Å². The van der Waals surface area contributed by atoms with Gasteiger partial charge in [0.1, 0.15) is 0 Å². The SMILES string of the molecule is c1ccc(-n2c3ccccc3c3cc(-c4cc(-n5c6ccccc6c6ccccc65)cc5c4-c4ccccc4-c4ccccc4-c4ccccc4-5)ccc32)cc1. The maximum absolute atomic E-state index is 2.47. The molecule has 1 aliphatic rings. The summed E-state index contributed by atoms with van der Waals surface area (Å²) in [7, 11) is 0. The van der Waals surface area contributed by atoms with Crippen molar-refractivity contribution in [3.63, 3.8) is 0 Å². The van der Waals surface area contributed by atoms with Crippen molar-refractivity contribution in [2.75, 3.05) is 0 Å². The van der Waals surface area contributed by atoms with Gasteiger partial charge >= 0.3 is 0 Å². The van der Waals surface area contributed by atoms with Gasteiger partial charge in [-0.25, -0.2) is 0 Å².